The summed E-state index contributed by atoms with van der Waals surface area (Å²) in [5.41, 5.74) is 8.04. The van der Waals surface area contributed by atoms with Gasteiger partial charge in [-0.25, -0.2) is 0 Å². The summed E-state index contributed by atoms with van der Waals surface area (Å²) in [6.45, 7) is 6.73. The van der Waals surface area contributed by atoms with Crippen molar-refractivity contribution in [1.82, 2.24) is 4.90 Å². The average molecular weight is 234 g/mol. The van der Waals surface area contributed by atoms with Gasteiger partial charge in [0.25, 0.3) is 0 Å². The van der Waals surface area contributed by atoms with Gasteiger partial charge in [0.15, 0.2) is 0 Å². The first-order valence-electron chi connectivity index (χ1n) is 6.20. The molecular formula is C14H22N2O. The van der Waals surface area contributed by atoms with Crippen LogP contribution in [-0.2, 0) is 6.54 Å². The number of likely N-dealkylation sites (tertiary alicyclic amines) is 1. The fraction of sp³-hybridized carbons (Fsp3) is 0.571. The Bertz CT molecular complexity index is 401. The maximum Gasteiger partial charge on any atom is 0.125 e. The molecular weight excluding hydrogens is 212 g/mol. The summed E-state index contributed by atoms with van der Waals surface area (Å²) in [4.78, 5) is 2.51. The molecule has 1 fully saturated rings. The van der Waals surface area contributed by atoms with Gasteiger partial charge >= 0.3 is 0 Å². The Morgan fingerprint density at radius 1 is 1.41 bits per heavy atom. The Balaban J connectivity index is 2.18. The number of benzene rings is 1. The molecule has 0 amide bonds. The van der Waals surface area contributed by atoms with Crippen LogP contribution in [0.2, 0.25) is 0 Å². The van der Waals surface area contributed by atoms with Crippen molar-refractivity contribution in [2.75, 3.05) is 19.4 Å². The molecule has 1 heterocycles. The number of nitrogens with two attached hydrogens (primary N) is 1. The lowest BCUT2D eigenvalue weighted by molar-refractivity contribution is 0.165. The molecule has 1 aliphatic heterocycles. The van der Waals surface area contributed by atoms with Crippen molar-refractivity contribution in [2.24, 2.45) is 0 Å². The summed E-state index contributed by atoms with van der Waals surface area (Å²) in [5.74, 6) is 0.896. The maximum atomic E-state index is 5.77. The standard InChI is InChI=1S/C14H22N2O/c1-14(2)7-4-8-16(14)10-11-5-6-12(15)9-13(11)17-3/h5-6,9H,4,7-8,10,15H2,1-3H3. The molecule has 0 aliphatic carbocycles. The minimum Gasteiger partial charge on any atom is -0.496 e. The summed E-state index contributed by atoms with van der Waals surface area (Å²) >= 11 is 0. The van der Waals surface area contributed by atoms with Crippen LogP contribution in [0.3, 0.4) is 0 Å². The Morgan fingerprint density at radius 2 is 2.18 bits per heavy atom. The van der Waals surface area contributed by atoms with Crippen molar-refractivity contribution in [3.8, 4) is 5.75 Å². The Hall–Kier alpha value is -1.22. The van der Waals surface area contributed by atoms with Gasteiger partial charge in [-0.05, 0) is 39.3 Å². The summed E-state index contributed by atoms with van der Waals surface area (Å²) in [5, 5.41) is 0. The molecule has 1 aromatic rings. The van der Waals surface area contributed by atoms with E-state index in [1.54, 1.807) is 7.11 Å². The summed E-state index contributed by atoms with van der Waals surface area (Å²) in [7, 11) is 1.70. The number of hydrogen-bond donors (Lipinski definition) is 1. The largest absolute Gasteiger partial charge is 0.496 e. The van der Waals surface area contributed by atoms with Crippen LogP contribution >= 0.6 is 0 Å². The zero-order valence-electron chi connectivity index (χ0n) is 11.0. The Morgan fingerprint density at radius 3 is 2.76 bits per heavy atom. The number of ether oxygens (including phenoxy) is 1. The van der Waals surface area contributed by atoms with E-state index in [0.29, 0.717) is 5.54 Å². The highest BCUT2D eigenvalue weighted by Crippen LogP contribution is 2.32. The lowest BCUT2D eigenvalue weighted by Crippen LogP contribution is -2.37. The molecule has 1 saturated heterocycles. The predicted molar refractivity (Wildman–Crippen MR) is 71.1 cm³/mol. The smallest absolute Gasteiger partial charge is 0.125 e. The fourth-order valence-corrected chi connectivity index (χ4v) is 2.55. The molecule has 0 saturated carbocycles. The lowest BCUT2D eigenvalue weighted by atomic mass is 10.0. The van der Waals surface area contributed by atoms with E-state index < -0.39 is 0 Å². The Kier molecular flexibility index (Phi) is 3.29. The van der Waals surface area contributed by atoms with Crippen LogP contribution in [0.1, 0.15) is 32.3 Å². The molecule has 94 valence electrons. The first kappa shape index (κ1) is 12.2. The zero-order chi connectivity index (χ0) is 12.5. The van der Waals surface area contributed by atoms with Crippen LogP contribution in [0.15, 0.2) is 18.2 Å². The molecule has 17 heavy (non-hydrogen) atoms. The van der Waals surface area contributed by atoms with Crippen molar-refractivity contribution >= 4 is 5.69 Å². The molecule has 0 radical (unpaired) electrons. The van der Waals surface area contributed by atoms with Gasteiger partial charge in [-0.15, -0.1) is 0 Å². The quantitative estimate of drug-likeness (QED) is 0.817. The molecule has 2 rings (SSSR count). The summed E-state index contributed by atoms with van der Waals surface area (Å²) in [6, 6.07) is 5.92. The number of rotatable bonds is 3. The van der Waals surface area contributed by atoms with E-state index in [1.807, 2.05) is 12.1 Å². The number of methoxy groups -OCH3 is 1. The highest BCUT2D eigenvalue weighted by Gasteiger charge is 2.31. The van der Waals surface area contributed by atoms with Gasteiger partial charge in [0, 0.05) is 29.4 Å². The Labute approximate surface area is 104 Å². The average Bonchev–Trinajstić information content (AvgIpc) is 2.61. The molecule has 0 spiro atoms. The van der Waals surface area contributed by atoms with Crippen molar-refractivity contribution < 1.29 is 4.74 Å². The lowest BCUT2D eigenvalue weighted by Gasteiger charge is -2.32. The zero-order valence-corrected chi connectivity index (χ0v) is 11.0. The van der Waals surface area contributed by atoms with Crippen molar-refractivity contribution in [1.29, 1.82) is 0 Å². The maximum absolute atomic E-state index is 5.77. The second-order valence-electron chi connectivity index (χ2n) is 5.41. The van der Waals surface area contributed by atoms with E-state index in [-0.39, 0.29) is 0 Å². The van der Waals surface area contributed by atoms with Crippen LogP contribution in [-0.4, -0.2) is 24.1 Å². The van der Waals surface area contributed by atoms with Crippen LogP contribution in [0, 0.1) is 0 Å². The molecule has 0 aromatic heterocycles. The van der Waals surface area contributed by atoms with Crippen molar-refractivity contribution in [3.05, 3.63) is 23.8 Å². The van der Waals surface area contributed by atoms with Gasteiger partial charge in [-0.3, -0.25) is 4.90 Å². The normalized spacial score (nSPS) is 19.5. The van der Waals surface area contributed by atoms with Crippen molar-refractivity contribution in [3.63, 3.8) is 0 Å². The third-order valence-electron chi connectivity index (χ3n) is 3.75. The number of hydrogen-bond acceptors (Lipinski definition) is 3. The molecule has 1 aromatic carbocycles. The number of nitrogens with zero attached hydrogens (tertiary/aromatic N) is 1. The highest BCUT2D eigenvalue weighted by atomic mass is 16.5. The van der Waals surface area contributed by atoms with E-state index in [4.69, 9.17) is 10.5 Å². The molecule has 0 atom stereocenters. The third-order valence-corrected chi connectivity index (χ3v) is 3.75. The van der Waals surface area contributed by atoms with Crippen LogP contribution in [0.25, 0.3) is 0 Å². The van der Waals surface area contributed by atoms with Crippen molar-refractivity contribution in [2.45, 2.75) is 38.8 Å². The van der Waals surface area contributed by atoms with E-state index in [9.17, 15) is 0 Å². The fourth-order valence-electron chi connectivity index (χ4n) is 2.55. The van der Waals surface area contributed by atoms with Gasteiger partial charge in [0.1, 0.15) is 5.75 Å². The molecule has 2 N–H and O–H groups in total. The molecule has 0 bridgehead atoms. The minimum atomic E-state index is 0.298. The van der Waals surface area contributed by atoms with Gasteiger partial charge in [0.05, 0.1) is 7.11 Å². The first-order valence-corrected chi connectivity index (χ1v) is 6.20. The summed E-state index contributed by atoms with van der Waals surface area (Å²) in [6.07, 6.45) is 2.55. The minimum absolute atomic E-state index is 0.298. The van der Waals surface area contributed by atoms with Gasteiger partial charge in [-0.1, -0.05) is 6.07 Å². The summed E-state index contributed by atoms with van der Waals surface area (Å²) < 4.78 is 5.40. The van der Waals surface area contributed by atoms with Crippen LogP contribution in [0.4, 0.5) is 5.69 Å². The second-order valence-corrected chi connectivity index (χ2v) is 5.41. The second kappa shape index (κ2) is 4.57. The third kappa shape index (κ3) is 2.55. The van der Waals surface area contributed by atoms with E-state index >= 15 is 0 Å². The highest BCUT2D eigenvalue weighted by molar-refractivity contribution is 5.48. The first-order chi connectivity index (χ1) is 8.03. The molecule has 3 nitrogen and oxygen atoms in total. The SMILES string of the molecule is COc1cc(N)ccc1CN1CCCC1(C)C. The van der Waals surface area contributed by atoms with Crippen LogP contribution in [0.5, 0.6) is 5.75 Å². The predicted octanol–water partition coefficient (Wildman–Crippen LogP) is 2.65. The van der Waals surface area contributed by atoms with Crippen LogP contribution < -0.4 is 10.5 Å². The monoisotopic (exact) mass is 234 g/mol. The van der Waals surface area contributed by atoms with Gasteiger partial charge in [0.2, 0.25) is 0 Å². The number of anilines is 1. The molecule has 3 heteroatoms. The van der Waals surface area contributed by atoms with E-state index in [2.05, 4.69) is 24.8 Å². The van der Waals surface area contributed by atoms with Gasteiger partial charge in [-0.2, -0.15) is 0 Å². The molecule has 1 aliphatic rings. The number of nitrogen functional groups attached to an aromatic ring is 1. The molecule has 0 unspecified atom stereocenters. The van der Waals surface area contributed by atoms with E-state index in [1.165, 1.54) is 24.9 Å². The topological polar surface area (TPSA) is 38.5 Å². The van der Waals surface area contributed by atoms with Gasteiger partial charge < -0.3 is 10.5 Å². The van der Waals surface area contributed by atoms with E-state index in [0.717, 1.165) is 18.0 Å².